The highest BCUT2D eigenvalue weighted by atomic mass is 32.2. The Bertz CT molecular complexity index is 622. The van der Waals surface area contributed by atoms with Gasteiger partial charge in [0.15, 0.2) is 0 Å². The third-order valence-corrected chi connectivity index (χ3v) is 5.21. The third-order valence-electron chi connectivity index (χ3n) is 3.07. The van der Waals surface area contributed by atoms with E-state index >= 15 is 0 Å². The topological polar surface area (TPSA) is 49.4 Å². The van der Waals surface area contributed by atoms with Gasteiger partial charge in [0.2, 0.25) is 10.0 Å². The number of nitrogens with zero attached hydrogens (tertiary/aromatic N) is 1. The molecule has 0 unspecified atom stereocenters. The lowest BCUT2D eigenvalue weighted by Crippen LogP contribution is -2.34. The Morgan fingerprint density at radius 1 is 1.20 bits per heavy atom. The van der Waals surface area contributed by atoms with Crippen LogP contribution in [-0.4, -0.2) is 34.0 Å². The lowest BCUT2D eigenvalue weighted by molar-refractivity contribution is 0.300. The van der Waals surface area contributed by atoms with Gasteiger partial charge in [-0.2, -0.15) is 11.3 Å². The van der Waals surface area contributed by atoms with E-state index in [4.69, 9.17) is 0 Å². The zero-order valence-electron chi connectivity index (χ0n) is 11.5. The summed E-state index contributed by atoms with van der Waals surface area (Å²) in [6, 6.07) is 10.5. The summed E-state index contributed by atoms with van der Waals surface area (Å²) in [5.74, 6) is 0. The van der Waals surface area contributed by atoms with Gasteiger partial charge >= 0.3 is 0 Å². The number of hydrogen-bond acceptors (Lipinski definition) is 4. The molecule has 108 valence electrons. The smallest absolute Gasteiger partial charge is 0.240 e. The number of benzene rings is 1. The molecule has 0 bridgehead atoms. The molecule has 0 saturated carbocycles. The molecule has 20 heavy (non-hydrogen) atoms. The molecule has 2 aromatic rings. The van der Waals surface area contributed by atoms with Crippen LogP contribution in [0.4, 0.5) is 0 Å². The number of nitrogens with one attached hydrogen (secondary N) is 1. The first kappa shape index (κ1) is 15.2. The van der Waals surface area contributed by atoms with Crippen LogP contribution in [0, 0.1) is 0 Å². The Balaban J connectivity index is 2.10. The Morgan fingerprint density at radius 3 is 2.45 bits per heavy atom. The quantitative estimate of drug-likeness (QED) is 0.891. The first-order valence-corrected chi connectivity index (χ1v) is 8.66. The fourth-order valence-corrected chi connectivity index (χ4v) is 3.70. The predicted molar refractivity (Wildman–Crippen MR) is 82.4 cm³/mol. The summed E-state index contributed by atoms with van der Waals surface area (Å²) < 4.78 is 27.1. The minimum absolute atomic E-state index is 0.0275. The zero-order chi connectivity index (χ0) is 14.6. The predicted octanol–water partition coefficient (Wildman–Crippen LogP) is 2.33. The average molecular weight is 310 g/mol. The number of likely N-dealkylation sites (N-methyl/N-ethyl adjacent to an activating group) is 1. The molecule has 1 aromatic heterocycles. The van der Waals surface area contributed by atoms with Gasteiger partial charge in [-0.15, -0.1) is 0 Å². The fraction of sp³-hybridized carbons (Fsp3) is 0.286. The van der Waals surface area contributed by atoms with Crippen LogP contribution in [0.25, 0.3) is 0 Å². The van der Waals surface area contributed by atoms with E-state index in [1.807, 2.05) is 35.8 Å². The first-order valence-electron chi connectivity index (χ1n) is 6.24. The van der Waals surface area contributed by atoms with Crippen molar-refractivity contribution in [2.45, 2.75) is 10.9 Å². The Kier molecular flexibility index (Phi) is 4.93. The minimum atomic E-state index is -3.45. The van der Waals surface area contributed by atoms with Gasteiger partial charge < -0.3 is 4.90 Å². The van der Waals surface area contributed by atoms with Gasteiger partial charge in [0.05, 0.1) is 4.90 Å². The molecule has 6 heteroatoms. The molecule has 1 atom stereocenters. The molecule has 0 spiro atoms. The van der Waals surface area contributed by atoms with Crippen LogP contribution in [0.1, 0.15) is 11.6 Å². The zero-order valence-corrected chi connectivity index (χ0v) is 13.1. The number of rotatable bonds is 6. The van der Waals surface area contributed by atoms with E-state index in [0.29, 0.717) is 11.4 Å². The van der Waals surface area contributed by atoms with Crippen LogP contribution < -0.4 is 4.72 Å². The van der Waals surface area contributed by atoms with Crippen LogP contribution in [-0.2, 0) is 10.0 Å². The van der Waals surface area contributed by atoms with Crippen molar-refractivity contribution in [3.63, 3.8) is 0 Å². The van der Waals surface area contributed by atoms with Crippen LogP contribution in [0.2, 0.25) is 0 Å². The van der Waals surface area contributed by atoms with E-state index in [0.717, 1.165) is 5.56 Å². The van der Waals surface area contributed by atoms with Gasteiger partial charge in [-0.1, -0.05) is 18.2 Å². The maximum Gasteiger partial charge on any atom is 0.240 e. The van der Waals surface area contributed by atoms with Crippen molar-refractivity contribution in [1.29, 1.82) is 0 Å². The monoisotopic (exact) mass is 310 g/mol. The van der Waals surface area contributed by atoms with E-state index < -0.39 is 10.0 Å². The molecule has 1 N–H and O–H groups in total. The highest BCUT2D eigenvalue weighted by Crippen LogP contribution is 2.20. The standard InChI is InChI=1S/C14H18N2O2S2/c1-16(2)14(12-8-9-19-11-12)10-15-20(17,18)13-6-4-3-5-7-13/h3-9,11,14-15H,10H2,1-2H3/t14-/m1/s1. The van der Waals surface area contributed by atoms with Gasteiger partial charge in [-0.05, 0) is 48.6 Å². The molecule has 0 radical (unpaired) electrons. The summed E-state index contributed by atoms with van der Waals surface area (Å²) in [6.45, 7) is 0.348. The molecule has 1 aromatic carbocycles. The summed E-state index contributed by atoms with van der Waals surface area (Å²) in [5, 5.41) is 4.04. The minimum Gasteiger partial charge on any atom is -0.301 e. The molecule has 0 aliphatic heterocycles. The summed E-state index contributed by atoms with van der Waals surface area (Å²) in [4.78, 5) is 2.30. The number of sulfonamides is 1. The third kappa shape index (κ3) is 3.67. The largest absolute Gasteiger partial charge is 0.301 e. The van der Waals surface area contributed by atoms with Gasteiger partial charge in [0, 0.05) is 12.6 Å². The molecule has 4 nitrogen and oxygen atoms in total. The molecule has 0 amide bonds. The van der Waals surface area contributed by atoms with Crippen molar-refractivity contribution >= 4 is 21.4 Å². The fourth-order valence-electron chi connectivity index (χ4n) is 1.93. The highest BCUT2D eigenvalue weighted by molar-refractivity contribution is 7.89. The van der Waals surface area contributed by atoms with E-state index in [9.17, 15) is 8.42 Å². The Hall–Kier alpha value is -1.21. The van der Waals surface area contributed by atoms with Crippen LogP contribution in [0.15, 0.2) is 52.1 Å². The molecule has 0 aliphatic carbocycles. The molecule has 1 heterocycles. The molecule has 0 aliphatic rings. The van der Waals surface area contributed by atoms with Gasteiger partial charge in [-0.25, -0.2) is 13.1 Å². The van der Waals surface area contributed by atoms with E-state index in [2.05, 4.69) is 4.72 Å². The summed E-state index contributed by atoms with van der Waals surface area (Å²) in [6.07, 6.45) is 0. The normalized spacial score (nSPS) is 13.6. The summed E-state index contributed by atoms with van der Waals surface area (Å²) >= 11 is 1.61. The molecular formula is C14H18N2O2S2. The molecule has 2 rings (SSSR count). The molecule has 0 fully saturated rings. The average Bonchev–Trinajstić information content (AvgIpc) is 2.93. The second-order valence-corrected chi connectivity index (χ2v) is 7.25. The second kappa shape index (κ2) is 6.49. The molecular weight excluding hydrogens is 292 g/mol. The van der Waals surface area contributed by atoms with Gasteiger partial charge in [-0.3, -0.25) is 0 Å². The maximum atomic E-state index is 12.2. The van der Waals surface area contributed by atoms with Crippen molar-refractivity contribution < 1.29 is 8.42 Å². The molecule has 0 saturated heterocycles. The van der Waals surface area contributed by atoms with Crippen molar-refractivity contribution in [3.05, 3.63) is 52.7 Å². The Labute approximate surface area is 124 Å². The van der Waals surface area contributed by atoms with Crippen molar-refractivity contribution in [2.75, 3.05) is 20.6 Å². The summed E-state index contributed by atoms with van der Waals surface area (Å²) in [7, 11) is 0.434. The van der Waals surface area contributed by atoms with E-state index in [-0.39, 0.29) is 6.04 Å². The van der Waals surface area contributed by atoms with E-state index in [1.165, 1.54) is 0 Å². The van der Waals surface area contributed by atoms with Gasteiger partial charge in [0.25, 0.3) is 0 Å². The number of thiophene rings is 1. The van der Waals surface area contributed by atoms with Crippen LogP contribution >= 0.6 is 11.3 Å². The van der Waals surface area contributed by atoms with Crippen molar-refractivity contribution in [2.24, 2.45) is 0 Å². The van der Waals surface area contributed by atoms with Crippen molar-refractivity contribution in [1.82, 2.24) is 9.62 Å². The van der Waals surface area contributed by atoms with Gasteiger partial charge in [0.1, 0.15) is 0 Å². The van der Waals surface area contributed by atoms with Crippen molar-refractivity contribution in [3.8, 4) is 0 Å². The number of hydrogen-bond donors (Lipinski definition) is 1. The van der Waals surface area contributed by atoms with E-state index in [1.54, 1.807) is 41.7 Å². The lowest BCUT2D eigenvalue weighted by atomic mass is 10.1. The van der Waals surface area contributed by atoms with Crippen LogP contribution in [0.5, 0.6) is 0 Å². The Morgan fingerprint density at radius 2 is 1.90 bits per heavy atom. The lowest BCUT2D eigenvalue weighted by Gasteiger charge is -2.23. The SMILES string of the molecule is CN(C)[C@H](CNS(=O)(=O)c1ccccc1)c1ccsc1. The first-order chi connectivity index (χ1) is 9.50. The maximum absolute atomic E-state index is 12.2. The van der Waals surface area contributed by atoms with Crippen LogP contribution in [0.3, 0.4) is 0 Å². The summed E-state index contributed by atoms with van der Waals surface area (Å²) in [5.41, 5.74) is 1.12. The second-order valence-electron chi connectivity index (χ2n) is 4.70. The highest BCUT2D eigenvalue weighted by Gasteiger charge is 2.19.